The standard InChI is InChI=1S/C17H23FN4O2/c1-12-9-15(19-16(23)10-21(4)11-17(2,3)24)22(20-12)14-8-6-5-7-13(14)18/h5-9,24H,10-11H2,1-4H3,(H,19,23). The molecule has 7 heteroatoms. The number of hydrogen-bond donors (Lipinski definition) is 2. The zero-order valence-electron chi connectivity index (χ0n) is 14.4. The van der Waals surface area contributed by atoms with Crippen molar-refractivity contribution in [3.63, 3.8) is 0 Å². The number of aromatic nitrogens is 2. The molecule has 0 aliphatic rings. The molecule has 0 fully saturated rings. The van der Waals surface area contributed by atoms with E-state index in [4.69, 9.17) is 0 Å². The third-order valence-corrected chi connectivity index (χ3v) is 3.25. The largest absolute Gasteiger partial charge is 0.389 e. The van der Waals surface area contributed by atoms with Crippen LogP contribution in [0.5, 0.6) is 0 Å². The molecule has 0 atom stereocenters. The third kappa shape index (κ3) is 4.87. The van der Waals surface area contributed by atoms with E-state index >= 15 is 0 Å². The predicted molar refractivity (Wildman–Crippen MR) is 90.7 cm³/mol. The molecule has 1 aromatic carbocycles. The quantitative estimate of drug-likeness (QED) is 0.847. The first kappa shape index (κ1) is 18.1. The number of hydrogen-bond acceptors (Lipinski definition) is 4. The van der Waals surface area contributed by atoms with Crippen LogP contribution in [0.3, 0.4) is 0 Å². The highest BCUT2D eigenvalue weighted by molar-refractivity contribution is 5.91. The predicted octanol–water partition coefficient (Wildman–Crippen LogP) is 1.96. The molecule has 0 spiro atoms. The Morgan fingerprint density at radius 1 is 1.42 bits per heavy atom. The molecule has 2 N–H and O–H groups in total. The van der Waals surface area contributed by atoms with Crippen molar-refractivity contribution in [3.8, 4) is 5.69 Å². The fraction of sp³-hybridized carbons (Fsp3) is 0.412. The van der Waals surface area contributed by atoms with Gasteiger partial charge in [-0.3, -0.25) is 9.69 Å². The molecule has 6 nitrogen and oxygen atoms in total. The van der Waals surface area contributed by atoms with Gasteiger partial charge in [0.15, 0.2) is 0 Å². The van der Waals surface area contributed by atoms with Gasteiger partial charge in [0.05, 0.1) is 17.8 Å². The fourth-order valence-corrected chi connectivity index (χ4v) is 2.54. The molecule has 0 aliphatic heterocycles. The highest BCUT2D eigenvalue weighted by atomic mass is 19.1. The normalized spacial score (nSPS) is 11.8. The summed E-state index contributed by atoms with van der Waals surface area (Å²) in [6, 6.07) is 7.92. The lowest BCUT2D eigenvalue weighted by atomic mass is 10.1. The van der Waals surface area contributed by atoms with Crippen LogP contribution in [-0.4, -0.2) is 51.4 Å². The lowest BCUT2D eigenvalue weighted by Crippen LogP contribution is -2.40. The topological polar surface area (TPSA) is 70.4 Å². The first-order valence-electron chi connectivity index (χ1n) is 7.68. The van der Waals surface area contributed by atoms with Crippen molar-refractivity contribution in [2.45, 2.75) is 26.4 Å². The number of aryl methyl sites for hydroxylation is 1. The number of anilines is 1. The van der Waals surface area contributed by atoms with Crippen LogP contribution in [0.2, 0.25) is 0 Å². The van der Waals surface area contributed by atoms with Crippen molar-refractivity contribution in [1.82, 2.24) is 14.7 Å². The van der Waals surface area contributed by atoms with E-state index in [-0.39, 0.29) is 18.1 Å². The molecule has 0 radical (unpaired) electrons. The lowest BCUT2D eigenvalue weighted by Gasteiger charge is -2.24. The molecular formula is C17H23FN4O2. The van der Waals surface area contributed by atoms with Crippen molar-refractivity contribution in [2.24, 2.45) is 0 Å². The van der Waals surface area contributed by atoms with Crippen LogP contribution in [0.4, 0.5) is 10.2 Å². The monoisotopic (exact) mass is 334 g/mol. The number of carbonyl (C=O) groups is 1. The second kappa shape index (κ2) is 7.11. The van der Waals surface area contributed by atoms with Crippen LogP contribution in [0, 0.1) is 12.7 Å². The van der Waals surface area contributed by atoms with E-state index in [1.807, 2.05) is 0 Å². The summed E-state index contributed by atoms with van der Waals surface area (Å²) >= 11 is 0. The van der Waals surface area contributed by atoms with E-state index in [0.29, 0.717) is 18.1 Å². The molecule has 0 aliphatic carbocycles. The molecule has 130 valence electrons. The Hall–Kier alpha value is -2.25. The zero-order valence-corrected chi connectivity index (χ0v) is 14.4. The Bertz CT molecular complexity index is 722. The molecule has 0 saturated carbocycles. The Labute approximate surface area is 140 Å². The average molecular weight is 334 g/mol. The van der Waals surface area contributed by atoms with Gasteiger partial charge in [-0.05, 0) is 40.0 Å². The van der Waals surface area contributed by atoms with E-state index < -0.39 is 11.4 Å². The van der Waals surface area contributed by atoms with Crippen LogP contribution in [0.15, 0.2) is 30.3 Å². The Kier molecular flexibility index (Phi) is 5.36. The van der Waals surface area contributed by atoms with Gasteiger partial charge >= 0.3 is 0 Å². The summed E-state index contributed by atoms with van der Waals surface area (Å²) in [6.45, 7) is 5.58. The summed E-state index contributed by atoms with van der Waals surface area (Å²) in [7, 11) is 1.75. The van der Waals surface area contributed by atoms with E-state index in [9.17, 15) is 14.3 Å². The van der Waals surface area contributed by atoms with Crippen molar-refractivity contribution in [1.29, 1.82) is 0 Å². The summed E-state index contributed by atoms with van der Waals surface area (Å²) in [5.74, 6) is -0.284. The average Bonchev–Trinajstić information content (AvgIpc) is 2.77. The first-order chi connectivity index (χ1) is 11.2. The van der Waals surface area contributed by atoms with Crippen molar-refractivity contribution in [3.05, 3.63) is 41.8 Å². The van der Waals surface area contributed by atoms with Gasteiger partial charge < -0.3 is 10.4 Å². The lowest BCUT2D eigenvalue weighted by molar-refractivity contribution is -0.117. The van der Waals surface area contributed by atoms with E-state index in [1.54, 1.807) is 57.0 Å². The van der Waals surface area contributed by atoms with Crippen LogP contribution in [0.25, 0.3) is 5.69 Å². The van der Waals surface area contributed by atoms with Crippen LogP contribution in [-0.2, 0) is 4.79 Å². The van der Waals surface area contributed by atoms with Crippen molar-refractivity contribution < 1.29 is 14.3 Å². The van der Waals surface area contributed by atoms with Crippen LogP contribution in [0.1, 0.15) is 19.5 Å². The van der Waals surface area contributed by atoms with E-state index in [2.05, 4.69) is 10.4 Å². The summed E-state index contributed by atoms with van der Waals surface area (Å²) < 4.78 is 15.4. The number of amides is 1. The van der Waals surface area contributed by atoms with Gasteiger partial charge in [-0.25, -0.2) is 9.07 Å². The Morgan fingerprint density at radius 2 is 2.08 bits per heavy atom. The van der Waals surface area contributed by atoms with Crippen molar-refractivity contribution in [2.75, 3.05) is 25.5 Å². The van der Waals surface area contributed by atoms with Gasteiger partial charge in [-0.2, -0.15) is 5.10 Å². The summed E-state index contributed by atoms with van der Waals surface area (Å²) in [5, 5.41) is 16.8. The summed E-state index contributed by atoms with van der Waals surface area (Å²) in [6.07, 6.45) is 0. The minimum absolute atomic E-state index is 0.103. The first-order valence-corrected chi connectivity index (χ1v) is 7.68. The number of halogens is 1. The molecule has 1 aromatic heterocycles. The minimum Gasteiger partial charge on any atom is -0.389 e. The van der Waals surface area contributed by atoms with Gasteiger partial charge in [-0.1, -0.05) is 12.1 Å². The van der Waals surface area contributed by atoms with Crippen LogP contribution >= 0.6 is 0 Å². The second-order valence-corrected chi connectivity index (χ2v) is 6.57. The van der Waals surface area contributed by atoms with Crippen LogP contribution < -0.4 is 5.32 Å². The molecule has 0 bridgehead atoms. The molecule has 2 aromatic rings. The molecule has 1 heterocycles. The summed E-state index contributed by atoms with van der Waals surface area (Å²) in [5.41, 5.74) is 0.0461. The molecule has 0 unspecified atom stereocenters. The number of rotatable bonds is 6. The van der Waals surface area contributed by atoms with Gasteiger partial charge in [0, 0.05) is 12.6 Å². The molecule has 0 saturated heterocycles. The van der Waals surface area contributed by atoms with Gasteiger partial charge in [0.25, 0.3) is 0 Å². The molecular weight excluding hydrogens is 311 g/mol. The fourth-order valence-electron chi connectivity index (χ4n) is 2.54. The highest BCUT2D eigenvalue weighted by Crippen LogP contribution is 2.19. The minimum atomic E-state index is -0.888. The number of para-hydroxylation sites is 1. The van der Waals surface area contributed by atoms with Crippen molar-refractivity contribution >= 4 is 11.7 Å². The molecule has 24 heavy (non-hydrogen) atoms. The number of likely N-dealkylation sites (N-methyl/N-ethyl adjacent to an activating group) is 1. The SMILES string of the molecule is Cc1cc(NC(=O)CN(C)CC(C)(C)O)n(-c2ccccc2F)n1. The van der Waals surface area contributed by atoms with E-state index in [1.165, 1.54) is 10.7 Å². The highest BCUT2D eigenvalue weighted by Gasteiger charge is 2.19. The van der Waals surface area contributed by atoms with Gasteiger partial charge in [-0.15, -0.1) is 0 Å². The number of benzene rings is 1. The zero-order chi connectivity index (χ0) is 17.9. The number of aliphatic hydroxyl groups is 1. The van der Waals surface area contributed by atoms with Gasteiger partial charge in [0.2, 0.25) is 5.91 Å². The number of nitrogens with zero attached hydrogens (tertiary/aromatic N) is 3. The van der Waals surface area contributed by atoms with Gasteiger partial charge in [0.1, 0.15) is 17.3 Å². The maximum absolute atomic E-state index is 14.0. The molecule has 2 rings (SSSR count). The molecule has 1 amide bonds. The third-order valence-electron chi connectivity index (χ3n) is 3.25. The maximum atomic E-state index is 14.0. The number of carbonyl (C=O) groups excluding carboxylic acids is 1. The van der Waals surface area contributed by atoms with E-state index in [0.717, 1.165) is 0 Å². The smallest absolute Gasteiger partial charge is 0.239 e. The second-order valence-electron chi connectivity index (χ2n) is 6.57. The number of nitrogens with one attached hydrogen (secondary N) is 1. The Balaban J connectivity index is 2.13. The summed E-state index contributed by atoms with van der Waals surface area (Å²) in [4.78, 5) is 13.9. The maximum Gasteiger partial charge on any atom is 0.239 e. The Morgan fingerprint density at radius 3 is 2.71 bits per heavy atom.